The van der Waals surface area contributed by atoms with E-state index in [2.05, 4.69) is 5.32 Å². The molecular formula is C27H30F4N2O5. The largest absolute Gasteiger partial charge is 0.492 e. The summed E-state index contributed by atoms with van der Waals surface area (Å²) in [4.78, 5) is 13.6. The van der Waals surface area contributed by atoms with E-state index in [-0.39, 0.29) is 49.2 Å². The number of nitrogens with one attached hydrogen (secondary N) is 1. The van der Waals surface area contributed by atoms with E-state index < -0.39 is 34.9 Å². The number of alkyl halides is 3. The number of benzene rings is 2. The molecular weight excluding hydrogens is 508 g/mol. The molecule has 0 radical (unpaired) electrons. The molecule has 2 fully saturated rings. The van der Waals surface area contributed by atoms with Gasteiger partial charge in [0.2, 0.25) is 0 Å². The van der Waals surface area contributed by atoms with Gasteiger partial charge in [-0.3, -0.25) is 4.90 Å². The fourth-order valence-corrected chi connectivity index (χ4v) is 5.89. The van der Waals surface area contributed by atoms with Crippen molar-refractivity contribution in [2.24, 2.45) is 0 Å². The number of piperidine rings is 1. The fraction of sp³-hybridized carbons (Fsp3) is 0.519. The van der Waals surface area contributed by atoms with Crippen molar-refractivity contribution in [1.82, 2.24) is 5.32 Å². The number of anilines is 1. The van der Waals surface area contributed by atoms with Crippen molar-refractivity contribution in [3.05, 3.63) is 58.9 Å². The van der Waals surface area contributed by atoms with Crippen LogP contribution in [0.3, 0.4) is 0 Å². The summed E-state index contributed by atoms with van der Waals surface area (Å²) in [7, 11) is 0. The van der Waals surface area contributed by atoms with Crippen LogP contribution in [0, 0.1) is 5.82 Å². The van der Waals surface area contributed by atoms with Gasteiger partial charge >= 0.3 is 12.3 Å². The SMILES string of the molecule is C[C@H]1C[C@@](O)(c2ccc(C(F)(F)F)cc2)C[C@@H](COc2cc(F)c3c(c2)COC(=O)N3C2CC(C)(O)C2)N1. The molecule has 38 heavy (non-hydrogen) atoms. The Balaban J connectivity index is 1.29. The molecule has 1 amide bonds. The molecule has 1 saturated carbocycles. The fourth-order valence-electron chi connectivity index (χ4n) is 5.89. The molecule has 7 nitrogen and oxygen atoms in total. The number of fused-ring (bicyclic) bond motifs is 1. The van der Waals surface area contributed by atoms with Gasteiger partial charge in [0.25, 0.3) is 0 Å². The quantitative estimate of drug-likeness (QED) is 0.482. The minimum atomic E-state index is -4.46. The maximum atomic E-state index is 15.2. The summed E-state index contributed by atoms with van der Waals surface area (Å²) < 4.78 is 65.2. The Morgan fingerprint density at radius 1 is 1.13 bits per heavy atom. The highest BCUT2D eigenvalue weighted by Gasteiger charge is 2.47. The molecule has 2 aromatic carbocycles. The van der Waals surface area contributed by atoms with Crippen molar-refractivity contribution < 1.29 is 42.0 Å². The number of carbonyl (C=O) groups excluding carboxylic acids is 1. The maximum absolute atomic E-state index is 15.2. The van der Waals surface area contributed by atoms with Gasteiger partial charge in [0.15, 0.2) is 5.82 Å². The Morgan fingerprint density at radius 3 is 2.45 bits per heavy atom. The van der Waals surface area contributed by atoms with Crippen molar-refractivity contribution in [2.75, 3.05) is 11.5 Å². The molecule has 0 unspecified atom stereocenters. The third kappa shape index (κ3) is 5.19. The maximum Gasteiger partial charge on any atom is 0.416 e. The molecule has 2 aliphatic heterocycles. The minimum absolute atomic E-state index is 0.0699. The van der Waals surface area contributed by atoms with Gasteiger partial charge in [-0.2, -0.15) is 13.2 Å². The molecule has 2 aromatic rings. The van der Waals surface area contributed by atoms with E-state index in [4.69, 9.17) is 9.47 Å². The van der Waals surface area contributed by atoms with E-state index in [1.807, 2.05) is 6.92 Å². The van der Waals surface area contributed by atoms with Gasteiger partial charge in [0, 0.05) is 29.8 Å². The summed E-state index contributed by atoms with van der Waals surface area (Å²) in [5.41, 5.74) is -2.10. The van der Waals surface area contributed by atoms with Crippen molar-refractivity contribution in [1.29, 1.82) is 0 Å². The predicted molar refractivity (Wildman–Crippen MR) is 129 cm³/mol. The highest BCUT2D eigenvalue weighted by Crippen LogP contribution is 2.43. The Bertz CT molecular complexity index is 1210. The monoisotopic (exact) mass is 538 g/mol. The van der Waals surface area contributed by atoms with Crippen molar-refractivity contribution in [3.63, 3.8) is 0 Å². The molecule has 1 saturated heterocycles. The standard InChI is InChI=1S/C27H30F4N2O5/c1-15-9-26(36,17-3-5-18(6-4-17)27(29,30)31)10-19(32-15)14-37-21-7-16-13-38-24(34)33(23(16)22(28)8-21)20-11-25(2,35)12-20/h3-8,15,19-20,32,35-36H,9-14H2,1-2H3/t15-,19-,20?,25?,26-/m0/s1. The molecule has 0 aromatic heterocycles. The zero-order chi connectivity index (χ0) is 27.5. The molecule has 3 aliphatic rings. The van der Waals surface area contributed by atoms with Crippen LogP contribution in [-0.4, -0.2) is 46.6 Å². The van der Waals surface area contributed by atoms with E-state index >= 15 is 4.39 Å². The second kappa shape index (κ2) is 9.39. The lowest BCUT2D eigenvalue weighted by Gasteiger charge is -2.47. The Labute approximate surface area is 217 Å². The number of nitrogens with zero attached hydrogens (tertiary/aromatic N) is 1. The Morgan fingerprint density at radius 2 is 1.82 bits per heavy atom. The first-order valence-corrected chi connectivity index (χ1v) is 12.5. The highest BCUT2D eigenvalue weighted by atomic mass is 19.4. The molecule has 0 spiro atoms. The predicted octanol–water partition coefficient (Wildman–Crippen LogP) is 4.62. The van der Waals surface area contributed by atoms with E-state index in [9.17, 15) is 28.2 Å². The number of hydrogen-bond acceptors (Lipinski definition) is 6. The number of hydrogen-bond donors (Lipinski definition) is 3. The lowest BCUT2D eigenvalue weighted by atomic mass is 9.76. The molecule has 1 aliphatic carbocycles. The normalized spacial score (nSPS) is 31.3. The van der Waals surface area contributed by atoms with Crippen molar-refractivity contribution in [2.45, 2.75) is 81.6 Å². The molecule has 0 bridgehead atoms. The zero-order valence-corrected chi connectivity index (χ0v) is 21.0. The van der Waals surface area contributed by atoms with E-state index in [1.165, 1.54) is 23.1 Å². The first kappa shape index (κ1) is 26.7. The van der Waals surface area contributed by atoms with Gasteiger partial charge in [0.05, 0.1) is 22.5 Å². The second-order valence-corrected chi connectivity index (χ2v) is 11.0. The first-order chi connectivity index (χ1) is 17.7. The van der Waals surface area contributed by atoms with Crippen LogP contribution in [0.25, 0.3) is 0 Å². The van der Waals surface area contributed by atoms with Crippen LogP contribution < -0.4 is 15.0 Å². The lowest BCUT2D eigenvalue weighted by molar-refractivity contribution is -0.137. The molecule has 206 valence electrons. The number of cyclic esters (lactones) is 1. The molecule has 5 rings (SSSR count). The van der Waals surface area contributed by atoms with Gasteiger partial charge in [-0.25, -0.2) is 9.18 Å². The van der Waals surface area contributed by atoms with Crippen LogP contribution in [0.4, 0.5) is 28.0 Å². The zero-order valence-electron chi connectivity index (χ0n) is 21.0. The van der Waals surface area contributed by atoms with Gasteiger partial charge in [-0.15, -0.1) is 0 Å². The van der Waals surface area contributed by atoms with Gasteiger partial charge in [-0.1, -0.05) is 12.1 Å². The van der Waals surface area contributed by atoms with Crippen LogP contribution in [0.15, 0.2) is 36.4 Å². The highest BCUT2D eigenvalue weighted by molar-refractivity contribution is 5.91. The van der Waals surface area contributed by atoms with Crippen molar-refractivity contribution >= 4 is 11.8 Å². The van der Waals surface area contributed by atoms with Gasteiger partial charge in [0.1, 0.15) is 19.0 Å². The van der Waals surface area contributed by atoms with Crippen LogP contribution in [-0.2, 0) is 23.1 Å². The summed E-state index contributed by atoms with van der Waals surface area (Å²) in [6.07, 6.45) is -4.01. The van der Waals surface area contributed by atoms with Gasteiger partial charge < -0.3 is 25.0 Å². The van der Waals surface area contributed by atoms with Crippen LogP contribution >= 0.6 is 0 Å². The molecule has 11 heteroatoms. The van der Waals surface area contributed by atoms with E-state index in [0.717, 1.165) is 12.1 Å². The third-order valence-corrected chi connectivity index (χ3v) is 7.57. The van der Waals surface area contributed by atoms with E-state index in [1.54, 1.807) is 13.0 Å². The van der Waals surface area contributed by atoms with Crippen molar-refractivity contribution in [3.8, 4) is 5.75 Å². The average Bonchev–Trinajstić information content (AvgIpc) is 2.80. The average molecular weight is 539 g/mol. The second-order valence-electron chi connectivity index (χ2n) is 11.0. The number of amides is 1. The van der Waals surface area contributed by atoms with E-state index in [0.29, 0.717) is 30.4 Å². The van der Waals surface area contributed by atoms with Crippen LogP contribution in [0.5, 0.6) is 5.75 Å². The number of carbonyl (C=O) groups is 1. The number of aliphatic hydroxyl groups is 2. The molecule has 3 atom stereocenters. The number of ether oxygens (including phenoxy) is 2. The summed E-state index contributed by atoms with van der Waals surface area (Å²) in [5.74, 6) is -0.426. The molecule has 2 heterocycles. The summed E-state index contributed by atoms with van der Waals surface area (Å²) >= 11 is 0. The number of rotatable bonds is 5. The smallest absolute Gasteiger partial charge is 0.416 e. The third-order valence-electron chi connectivity index (χ3n) is 7.57. The summed E-state index contributed by atoms with van der Waals surface area (Å²) in [5, 5.41) is 24.7. The van der Waals surface area contributed by atoms with Crippen LogP contribution in [0.2, 0.25) is 0 Å². The first-order valence-electron chi connectivity index (χ1n) is 12.5. The Hall–Kier alpha value is -2.89. The van der Waals surface area contributed by atoms with Gasteiger partial charge in [-0.05, 0) is 63.3 Å². The Kier molecular flexibility index (Phi) is 6.60. The molecule has 3 N–H and O–H groups in total. The summed E-state index contributed by atoms with van der Waals surface area (Å²) in [6.45, 7) is 3.47. The lowest BCUT2D eigenvalue weighted by Crippen LogP contribution is -2.57. The topological polar surface area (TPSA) is 91.3 Å². The number of halogens is 4. The summed E-state index contributed by atoms with van der Waals surface area (Å²) in [6, 6.07) is 6.42. The minimum Gasteiger partial charge on any atom is -0.492 e. The van der Waals surface area contributed by atoms with Crippen LogP contribution in [0.1, 0.15) is 56.2 Å².